The minimum absolute atomic E-state index is 0.120. The summed E-state index contributed by atoms with van der Waals surface area (Å²) in [7, 11) is 0. The first-order valence-corrected chi connectivity index (χ1v) is 9.32. The molecule has 2 aromatic heterocycles. The van der Waals surface area contributed by atoms with Gasteiger partial charge < -0.3 is 19.6 Å². The monoisotopic (exact) mass is 382 g/mol. The van der Waals surface area contributed by atoms with E-state index in [4.69, 9.17) is 0 Å². The Bertz CT molecular complexity index is 817. The molecule has 0 spiro atoms. The van der Waals surface area contributed by atoms with E-state index >= 15 is 0 Å². The molecule has 146 valence electrons. The van der Waals surface area contributed by atoms with Gasteiger partial charge >= 0.3 is 0 Å². The van der Waals surface area contributed by atoms with Gasteiger partial charge in [-0.2, -0.15) is 0 Å². The molecule has 2 aromatic rings. The largest absolute Gasteiger partial charge is 0.353 e. The van der Waals surface area contributed by atoms with Crippen molar-refractivity contribution in [2.45, 2.75) is 0 Å². The van der Waals surface area contributed by atoms with Crippen LogP contribution in [0.1, 0.15) is 10.5 Å². The Kier molecular flexibility index (Phi) is 5.27. The zero-order valence-electron chi connectivity index (χ0n) is 15.5. The minimum Gasteiger partial charge on any atom is -0.353 e. The zero-order chi connectivity index (χ0) is 19.3. The summed E-state index contributed by atoms with van der Waals surface area (Å²) in [5.41, 5.74) is 0.387. The number of carbonyl (C=O) groups excluding carboxylic acids is 2. The lowest BCUT2D eigenvalue weighted by Gasteiger charge is -2.35. The molecule has 0 N–H and O–H groups in total. The highest BCUT2D eigenvalue weighted by molar-refractivity contribution is 5.93. The molecule has 2 aliphatic rings. The molecule has 4 heterocycles. The molecule has 4 rings (SSSR count). The van der Waals surface area contributed by atoms with Crippen molar-refractivity contribution >= 4 is 24.1 Å². The standard InChI is InChI=1S/C18H22N8O2/c27-14-23-4-6-25(7-5-23)17(28)15-12-16(22-13-21-15)24-8-10-26(11-9-24)18-19-2-1-3-20-18/h1-3,12-14H,4-11H2. The predicted octanol–water partition coefficient (Wildman–Crippen LogP) is -0.493. The number of hydrogen-bond donors (Lipinski definition) is 0. The fourth-order valence-corrected chi connectivity index (χ4v) is 3.42. The van der Waals surface area contributed by atoms with E-state index in [2.05, 4.69) is 29.7 Å². The number of amides is 2. The van der Waals surface area contributed by atoms with Gasteiger partial charge in [0.1, 0.15) is 17.8 Å². The van der Waals surface area contributed by atoms with Crippen LogP contribution in [0.15, 0.2) is 30.9 Å². The van der Waals surface area contributed by atoms with Crippen molar-refractivity contribution in [2.24, 2.45) is 0 Å². The molecular weight excluding hydrogens is 360 g/mol. The molecule has 10 heteroatoms. The number of piperazine rings is 2. The second-order valence-corrected chi connectivity index (χ2v) is 6.72. The molecule has 0 unspecified atom stereocenters. The van der Waals surface area contributed by atoms with Crippen LogP contribution in [0.4, 0.5) is 11.8 Å². The first-order chi connectivity index (χ1) is 13.7. The summed E-state index contributed by atoms with van der Waals surface area (Å²) in [4.78, 5) is 48.4. The summed E-state index contributed by atoms with van der Waals surface area (Å²) in [6, 6.07) is 3.56. The van der Waals surface area contributed by atoms with Crippen LogP contribution < -0.4 is 9.80 Å². The molecule has 0 aromatic carbocycles. The van der Waals surface area contributed by atoms with E-state index in [9.17, 15) is 9.59 Å². The normalized spacial score (nSPS) is 17.6. The summed E-state index contributed by atoms with van der Waals surface area (Å²) < 4.78 is 0. The van der Waals surface area contributed by atoms with E-state index in [1.807, 2.05) is 0 Å². The molecular formula is C18H22N8O2. The van der Waals surface area contributed by atoms with Gasteiger partial charge in [-0.05, 0) is 6.07 Å². The number of aromatic nitrogens is 4. The smallest absolute Gasteiger partial charge is 0.272 e. The van der Waals surface area contributed by atoms with Crippen molar-refractivity contribution in [3.63, 3.8) is 0 Å². The topological polar surface area (TPSA) is 98.7 Å². The quantitative estimate of drug-likeness (QED) is 0.653. The van der Waals surface area contributed by atoms with E-state index in [1.54, 1.807) is 34.3 Å². The molecule has 28 heavy (non-hydrogen) atoms. The summed E-state index contributed by atoms with van der Waals surface area (Å²) in [5, 5.41) is 0. The molecule has 2 fully saturated rings. The Labute approximate surface area is 162 Å². The van der Waals surface area contributed by atoms with Gasteiger partial charge in [0.05, 0.1) is 0 Å². The van der Waals surface area contributed by atoms with Crippen LogP contribution in [0.2, 0.25) is 0 Å². The number of carbonyl (C=O) groups is 2. The fourth-order valence-electron chi connectivity index (χ4n) is 3.42. The van der Waals surface area contributed by atoms with Crippen LogP contribution in [0.25, 0.3) is 0 Å². The van der Waals surface area contributed by atoms with Gasteiger partial charge in [-0.1, -0.05) is 0 Å². The van der Waals surface area contributed by atoms with Gasteiger partial charge in [0.2, 0.25) is 12.4 Å². The molecule has 0 radical (unpaired) electrons. The lowest BCUT2D eigenvalue weighted by molar-refractivity contribution is -0.119. The number of nitrogens with zero attached hydrogens (tertiary/aromatic N) is 8. The highest BCUT2D eigenvalue weighted by atomic mass is 16.2. The zero-order valence-corrected chi connectivity index (χ0v) is 15.5. The van der Waals surface area contributed by atoms with Crippen LogP contribution in [-0.4, -0.2) is 94.4 Å². The Morgan fingerprint density at radius 1 is 0.857 bits per heavy atom. The molecule has 2 saturated heterocycles. The van der Waals surface area contributed by atoms with E-state index in [0.29, 0.717) is 31.9 Å². The van der Waals surface area contributed by atoms with Crippen molar-refractivity contribution in [3.8, 4) is 0 Å². The molecule has 0 saturated carbocycles. The molecule has 2 aliphatic heterocycles. The third-order valence-corrected chi connectivity index (χ3v) is 5.06. The minimum atomic E-state index is -0.120. The second-order valence-electron chi connectivity index (χ2n) is 6.72. The maximum Gasteiger partial charge on any atom is 0.272 e. The van der Waals surface area contributed by atoms with E-state index in [1.165, 1.54) is 6.33 Å². The summed E-state index contributed by atoms with van der Waals surface area (Å²) in [6.45, 7) is 5.24. The van der Waals surface area contributed by atoms with Crippen molar-refractivity contribution in [2.75, 3.05) is 62.2 Å². The lowest BCUT2D eigenvalue weighted by Crippen LogP contribution is -2.48. The van der Waals surface area contributed by atoms with Crippen LogP contribution in [0, 0.1) is 0 Å². The van der Waals surface area contributed by atoms with Crippen molar-refractivity contribution in [1.82, 2.24) is 29.7 Å². The first kappa shape index (κ1) is 18.1. The van der Waals surface area contributed by atoms with Crippen LogP contribution in [0.5, 0.6) is 0 Å². The molecule has 0 atom stereocenters. The number of hydrogen-bond acceptors (Lipinski definition) is 8. The van der Waals surface area contributed by atoms with Crippen LogP contribution in [0.3, 0.4) is 0 Å². The second kappa shape index (κ2) is 8.15. The van der Waals surface area contributed by atoms with Crippen LogP contribution in [-0.2, 0) is 4.79 Å². The Hall–Kier alpha value is -3.30. The molecule has 0 aliphatic carbocycles. The Balaban J connectivity index is 1.39. The first-order valence-electron chi connectivity index (χ1n) is 9.32. The third-order valence-electron chi connectivity index (χ3n) is 5.06. The summed E-state index contributed by atoms with van der Waals surface area (Å²) in [5.74, 6) is 1.36. The van der Waals surface area contributed by atoms with Crippen LogP contribution >= 0.6 is 0 Å². The van der Waals surface area contributed by atoms with Gasteiger partial charge in [0, 0.05) is 70.8 Å². The molecule has 10 nitrogen and oxygen atoms in total. The highest BCUT2D eigenvalue weighted by Gasteiger charge is 2.24. The fraction of sp³-hybridized carbons (Fsp3) is 0.444. The van der Waals surface area contributed by atoms with E-state index in [-0.39, 0.29) is 5.91 Å². The molecule has 2 amide bonds. The Morgan fingerprint density at radius 2 is 1.54 bits per heavy atom. The Morgan fingerprint density at radius 3 is 2.21 bits per heavy atom. The SMILES string of the molecule is O=CN1CCN(C(=O)c2cc(N3CCN(c4ncccn4)CC3)ncn2)CC1. The van der Waals surface area contributed by atoms with Gasteiger partial charge in [-0.15, -0.1) is 0 Å². The van der Waals surface area contributed by atoms with Crippen molar-refractivity contribution < 1.29 is 9.59 Å². The number of rotatable bonds is 4. The van der Waals surface area contributed by atoms with E-state index in [0.717, 1.165) is 44.4 Å². The van der Waals surface area contributed by atoms with Gasteiger partial charge in [-0.3, -0.25) is 9.59 Å². The summed E-state index contributed by atoms with van der Waals surface area (Å²) >= 11 is 0. The van der Waals surface area contributed by atoms with Gasteiger partial charge in [0.25, 0.3) is 5.91 Å². The maximum absolute atomic E-state index is 12.8. The lowest BCUT2D eigenvalue weighted by atomic mass is 10.2. The van der Waals surface area contributed by atoms with Gasteiger partial charge in [-0.25, -0.2) is 19.9 Å². The van der Waals surface area contributed by atoms with Crippen molar-refractivity contribution in [3.05, 3.63) is 36.5 Å². The third kappa shape index (κ3) is 3.85. The number of anilines is 2. The van der Waals surface area contributed by atoms with E-state index < -0.39 is 0 Å². The average Bonchev–Trinajstić information content (AvgIpc) is 2.79. The predicted molar refractivity (Wildman–Crippen MR) is 102 cm³/mol. The average molecular weight is 382 g/mol. The summed E-state index contributed by atoms with van der Waals surface area (Å²) in [6.07, 6.45) is 5.75. The molecule has 0 bridgehead atoms. The van der Waals surface area contributed by atoms with Gasteiger partial charge in [0.15, 0.2) is 0 Å². The highest BCUT2D eigenvalue weighted by Crippen LogP contribution is 2.17. The maximum atomic E-state index is 12.8. The van der Waals surface area contributed by atoms with Crippen molar-refractivity contribution in [1.29, 1.82) is 0 Å².